The van der Waals surface area contributed by atoms with Crippen molar-refractivity contribution in [1.29, 1.82) is 0 Å². The van der Waals surface area contributed by atoms with E-state index in [1.54, 1.807) is 0 Å². The van der Waals surface area contributed by atoms with Gasteiger partial charge in [0.2, 0.25) is 11.8 Å². The smallest absolute Gasteiger partial charge is 0.260 e. The monoisotopic (exact) mass is 681 g/mol. The van der Waals surface area contributed by atoms with Crippen LogP contribution in [0.25, 0.3) is 0 Å². The third-order valence-corrected chi connectivity index (χ3v) is 11.2. The summed E-state index contributed by atoms with van der Waals surface area (Å²) in [6.45, 7) is 2.17. The molecule has 2 saturated heterocycles. The van der Waals surface area contributed by atoms with Gasteiger partial charge in [-0.2, -0.15) is 5.01 Å². The highest BCUT2D eigenvalue weighted by atomic mass is 16.5. The molecule has 2 aliphatic carbocycles. The Kier molecular flexibility index (Phi) is 8.30. The van der Waals surface area contributed by atoms with E-state index in [1.165, 1.54) is 9.91 Å². The van der Waals surface area contributed by atoms with Crippen LogP contribution in [-0.2, 0) is 31.1 Å². The zero-order valence-electron chi connectivity index (χ0n) is 28.3. The molecule has 0 radical (unpaired) electrons. The third kappa shape index (κ3) is 5.26. The van der Waals surface area contributed by atoms with Gasteiger partial charge in [-0.1, -0.05) is 102 Å². The Morgan fingerprint density at radius 2 is 1.49 bits per heavy atom. The topological polar surface area (TPSA) is 116 Å². The first kappa shape index (κ1) is 32.7. The van der Waals surface area contributed by atoms with Gasteiger partial charge in [-0.3, -0.25) is 29.5 Å². The summed E-state index contributed by atoms with van der Waals surface area (Å²) < 4.78 is 5.68. The Morgan fingerprint density at radius 1 is 0.804 bits per heavy atom. The number of carbonyl (C=O) groups is 4. The predicted octanol–water partition coefficient (Wildman–Crippen LogP) is 5.55. The molecular formula is C42H39N3O6. The number of aliphatic hydroxyl groups is 1. The van der Waals surface area contributed by atoms with Crippen LogP contribution in [0.1, 0.15) is 41.0 Å². The van der Waals surface area contributed by atoms with Crippen molar-refractivity contribution in [3.63, 3.8) is 0 Å². The van der Waals surface area contributed by atoms with Gasteiger partial charge in [0.1, 0.15) is 12.4 Å². The van der Waals surface area contributed by atoms with Gasteiger partial charge in [-0.25, -0.2) is 0 Å². The van der Waals surface area contributed by atoms with E-state index in [4.69, 9.17) is 4.74 Å². The minimum Gasteiger partial charge on any atom is -0.491 e. The molecule has 258 valence electrons. The number of anilines is 1. The summed E-state index contributed by atoms with van der Waals surface area (Å²) in [4.78, 5) is 59.7. The Labute approximate surface area is 296 Å². The summed E-state index contributed by atoms with van der Waals surface area (Å²) in [5.74, 6) is -3.66. The number of aryl methyl sites for hydroxylation is 1. The lowest BCUT2D eigenvalue weighted by atomic mass is 9.49. The van der Waals surface area contributed by atoms with Crippen molar-refractivity contribution in [3.05, 3.63) is 143 Å². The lowest BCUT2D eigenvalue weighted by Crippen LogP contribution is -2.53. The number of ether oxygens (including phenoxy) is 1. The van der Waals surface area contributed by atoms with Gasteiger partial charge in [0.15, 0.2) is 0 Å². The third-order valence-electron chi connectivity index (χ3n) is 11.2. The zero-order chi connectivity index (χ0) is 35.3. The van der Waals surface area contributed by atoms with Crippen molar-refractivity contribution in [2.75, 3.05) is 18.6 Å². The van der Waals surface area contributed by atoms with Gasteiger partial charge in [-0.15, -0.1) is 0 Å². The van der Waals surface area contributed by atoms with Gasteiger partial charge < -0.3 is 9.84 Å². The SMILES string of the molecule is Cc1ccc(NN2C(=O)[C@@H]3C[C@@H]4C(=CC[C@@H]5C(=O)N(Cc6ccccc6)C(=O)[C@@H]54)[C@H](c4ccc(OCCO)cc4)[C@]3(c3ccccc3)C2=O)cc1. The number of fused-ring (bicyclic) bond motifs is 4. The van der Waals surface area contributed by atoms with Crippen LogP contribution in [0.4, 0.5) is 5.69 Å². The number of rotatable bonds is 9. The molecule has 9 heteroatoms. The second-order valence-electron chi connectivity index (χ2n) is 14.0. The van der Waals surface area contributed by atoms with E-state index in [0.717, 1.165) is 22.3 Å². The molecule has 51 heavy (non-hydrogen) atoms. The van der Waals surface area contributed by atoms with Crippen molar-refractivity contribution in [3.8, 4) is 5.75 Å². The number of nitrogens with one attached hydrogen (secondary N) is 1. The van der Waals surface area contributed by atoms with Crippen LogP contribution >= 0.6 is 0 Å². The highest BCUT2D eigenvalue weighted by Gasteiger charge is 2.70. The highest BCUT2D eigenvalue weighted by molar-refractivity contribution is 6.13. The van der Waals surface area contributed by atoms with Gasteiger partial charge in [0.05, 0.1) is 42.0 Å². The number of amides is 4. The van der Waals surface area contributed by atoms with Crippen molar-refractivity contribution >= 4 is 29.3 Å². The number of hydrogen-bond donors (Lipinski definition) is 2. The van der Waals surface area contributed by atoms with E-state index >= 15 is 4.79 Å². The standard InChI is InChI=1S/C42H39N3O6/c1-26-12-16-30(17-13-26)43-45-39(48)35-24-34-32(20-21-33-36(34)40(49)44(38(33)47)25-27-8-4-2-5-9-27)37(28-14-18-31(19-15-28)51-23-22-46)42(35,41(45)50)29-10-6-3-7-11-29/h2-20,33-37,43,46H,21-25H2,1H3/t33-,34+,35-,36-,37-,42+/m0/s1. The van der Waals surface area contributed by atoms with Crippen LogP contribution in [0.15, 0.2) is 121 Å². The minimum atomic E-state index is -1.34. The predicted molar refractivity (Wildman–Crippen MR) is 190 cm³/mol. The normalized spacial score (nSPS) is 26.8. The lowest BCUT2D eigenvalue weighted by molar-refractivity contribution is -0.142. The molecule has 9 nitrogen and oxygen atoms in total. The average Bonchev–Trinajstić information content (AvgIpc) is 3.53. The van der Waals surface area contributed by atoms with Crippen molar-refractivity contribution in [2.24, 2.45) is 23.7 Å². The molecule has 4 aromatic carbocycles. The van der Waals surface area contributed by atoms with E-state index in [0.29, 0.717) is 23.4 Å². The number of nitrogens with zero attached hydrogens (tertiary/aromatic N) is 2. The number of aliphatic hydroxyl groups excluding tert-OH is 1. The van der Waals surface area contributed by atoms with Gasteiger partial charge in [0, 0.05) is 5.92 Å². The summed E-state index contributed by atoms with van der Waals surface area (Å²) in [6, 6.07) is 33.9. The number of hydrogen-bond acceptors (Lipinski definition) is 7. The van der Waals surface area contributed by atoms with Gasteiger partial charge >= 0.3 is 0 Å². The summed E-state index contributed by atoms with van der Waals surface area (Å²) in [5.41, 5.74) is 6.74. The summed E-state index contributed by atoms with van der Waals surface area (Å²) in [5, 5.41) is 10.5. The first-order valence-electron chi connectivity index (χ1n) is 17.5. The molecule has 0 unspecified atom stereocenters. The molecular weight excluding hydrogens is 642 g/mol. The summed E-state index contributed by atoms with van der Waals surface area (Å²) in [7, 11) is 0. The molecule has 6 atom stereocenters. The zero-order valence-corrected chi connectivity index (χ0v) is 28.3. The van der Waals surface area contributed by atoms with Crippen LogP contribution < -0.4 is 10.2 Å². The Bertz CT molecular complexity index is 2010. The van der Waals surface area contributed by atoms with Gasteiger partial charge in [-0.05, 0) is 66.6 Å². The largest absolute Gasteiger partial charge is 0.491 e. The van der Waals surface area contributed by atoms with Crippen LogP contribution in [0, 0.1) is 30.6 Å². The van der Waals surface area contributed by atoms with E-state index in [-0.39, 0.29) is 49.8 Å². The number of benzene rings is 4. The maximum absolute atomic E-state index is 15.2. The molecule has 3 fully saturated rings. The highest BCUT2D eigenvalue weighted by Crippen LogP contribution is 2.64. The maximum Gasteiger partial charge on any atom is 0.260 e. The molecule has 8 rings (SSSR count). The van der Waals surface area contributed by atoms with E-state index in [9.17, 15) is 19.5 Å². The molecule has 4 aromatic rings. The van der Waals surface area contributed by atoms with Crippen LogP contribution in [0.3, 0.4) is 0 Å². The number of carbonyl (C=O) groups excluding carboxylic acids is 4. The first-order valence-corrected chi connectivity index (χ1v) is 17.5. The number of hydrazine groups is 1. The molecule has 2 heterocycles. The number of imide groups is 2. The summed E-state index contributed by atoms with van der Waals surface area (Å²) >= 11 is 0. The van der Waals surface area contributed by atoms with E-state index in [2.05, 4.69) is 11.5 Å². The Hall–Kier alpha value is -5.54. The maximum atomic E-state index is 15.2. The molecule has 4 amide bonds. The van der Waals surface area contributed by atoms with Crippen LogP contribution in [-0.4, -0.2) is 51.9 Å². The summed E-state index contributed by atoms with van der Waals surface area (Å²) in [6.07, 6.45) is 2.67. The second kappa shape index (κ2) is 13.0. The lowest BCUT2D eigenvalue weighted by Gasteiger charge is -2.50. The molecule has 0 spiro atoms. The second-order valence-corrected chi connectivity index (χ2v) is 14.0. The van der Waals surface area contributed by atoms with Crippen molar-refractivity contribution in [1.82, 2.24) is 9.91 Å². The fraction of sp³-hybridized carbons (Fsp3) is 0.286. The van der Waals surface area contributed by atoms with Crippen LogP contribution in [0.2, 0.25) is 0 Å². The van der Waals surface area contributed by atoms with Crippen LogP contribution in [0.5, 0.6) is 5.75 Å². The number of allylic oxidation sites excluding steroid dienone is 2. The molecule has 2 N–H and O–H groups in total. The van der Waals surface area contributed by atoms with Gasteiger partial charge in [0.25, 0.3) is 11.8 Å². The fourth-order valence-electron chi connectivity index (χ4n) is 9.03. The fourth-order valence-corrected chi connectivity index (χ4v) is 9.03. The number of likely N-dealkylation sites (tertiary alicyclic amines) is 1. The molecule has 0 bridgehead atoms. The Morgan fingerprint density at radius 3 is 2.18 bits per heavy atom. The molecule has 1 saturated carbocycles. The molecule has 0 aromatic heterocycles. The van der Waals surface area contributed by atoms with Crippen molar-refractivity contribution in [2.45, 2.75) is 37.6 Å². The minimum absolute atomic E-state index is 0.130. The first-order chi connectivity index (χ1) is 24.8. The molecule has 4 aliphatic rings. The van der Waals surface area contributed by atoms with E-state index < -0.39 is 35.0 Å². The molecule has 2 aliphatic heterocycles. The average molecular weight is 682 g/mol. The quantitative estimate of drug-likeness (QED) is 0.176. The Balaban J connectivity index is 1.27. The van der Waals surface area contributed by atoms with E-state index in [1.807, 2.05) is 116 Å². The van der Waals surface area contributed by atoms with Crippen molar-refractivity contribution < 1.29 is 29.0 Å².